The number of hydrogen-bond acceptors (Lipinski definition) is 3. The molecule has 5 heteroatoms. The first-order valence-electron chi connectivity index (χ1n) is 6.07. The first-order valence-corrected chi connectivity index (χ1v) is 6.07. The number of carboxylic acid groups (broad SMARTS) is 1. The number of benzene rings is 1. The van der Waals surface area contributed by atoms with E-state index < -0.39 is 5.97 Å². The first kappa shape index (κ1) is 13.1. The summed E-state index contributed by atoms with van der Waals surface area (Å²) in [6.45, 7) is 5.41. The number of pyridine rings is 1. The second-order valence-electron chi connectivity index (χ2n) is 4.74. The third kappa shape index (κ3) is 2.19. The summed E-state index contributed by atoms with van der Waals surface area (Å²) >= 11 is 0. The Morgan fingerprint density at radius 3 is 2.37 bits per heavy atom. The zero-order chi connectivity index (χ0) is 14.2. The van der Waals surface area contributed by atoms with Gasteiger partial charge in [-0.05, 0) is 26.8 Å². The number of aromatic nitrogens is 1. The van der Waals surface area contributed by atoms with Crippen LogP contribution in [0.3, 0.4) is 0 Å². The summed E-state index contributed by atoms with van der Waals surface area (Å²) in [6, 6.07) is 6.78. The second-order valence-corrected chi connectivity index (χ2v) is 4.74. The Morgan fingerprint density at radius 2 is 1.84 bits per heavy atom. The van der Waals surface area contributed by atoms with E-state index in [1.165, 1.54) is 4.68 Å². The number of fused-ring (bicyclic) bond motifs is 1. The van der Waals surface area contributed by atoms with E-state index >= 15 is 0 Å². The van der Waals surface area contributed by atoms with Gasteiger partial charge in [0.15, 0.2) is 0 Å². The van der Waals surface area contributed by atoms with Crippen LogP contribution in [0.1, 0.15) is 29.9 Å². The number of nitrogens with one attached hydrogen (secondary N) is 1. The predicted octanol–water partition coefficient (Wildman–Crippen LogP) is 1.96. The average Bonchev–Trinajstić information content (AvgIpc) is 2.34. The highest BCUT2D eigenvalue weighted by Crippen LogP contribution is 2.18. The van der Waals surface area contributed by atoms with Crippen LogP contribution in [0, 0.1) is 6.92 Å². The Kier molecular flexibility index (Phi) is 3.29. The van der Waals surface area contributed by atoms with Crippen molar-refractivity contribution in [2.24, 2.45) is 0 Å². The molecule has 2 N–H and O–H groups in total. The van der Waals surface area contributed by atoms with Crippen LogP contribution < -0.4 is 11.0 Å². The molecule has 0 saturated heterocycles. The second kappa shape index (κ2) is 4.76. The van der Waals surface area contributed by atoms with Crippen molar-refractivity contribution in [2.75, 3.05) is 5.43 Å². The standard InChI is InChI=1S/C14H16N2O3/c1-8(2)15-16-9(3)12(14(18)19)10-6-4-5-7-11(10)13(16)17/h4-8,15H,1-3H3,(H,18,19). The summed E-state index contributed by atoms with van der Waals surface area (Å²) in [6.07, 6.45) is 0. The Labute approximate surface area is 110 Å². The summed E-state index contributed by atoms with van der Waals surface area (Å²) in [5.74, 6) is -1.03. The van der Waals surface area contributed by atoms with E-state index in [9.17, 15) is 14.7 Å². The molecule has 0 spiro atoms. The van der Waals surface area contributed by atoms with Gasteiger partial charge in [0.25, 0.3) is 5.56 Å². The van der Waals surface area contributed by atoms with Gasteiger partial charge >= 0.3 is 5.97 Å². The number of hydrogen-bond donors (Lipinski definition) is 2. The Hall–Kier alpha value is -2.30. The maximum absolute atomic E-state index is 12.4. The molecule has 1 aromatic carbocycles. The fourth-order valence-corrected chi connectivity index (χ4v) is 2.15. The Balaban J connectivity index is 2.91. The summed E-state index contributed by atoms with van der Waals surface area (Å²) in [5.41, 5.74) is 3.30. The molecule has 0 unspecified atom stereocenters. The van der Waals surface area contributed by atoms with Crippen LogP contribution in [0.25, 0.3) is 10.8 Å². The van der Waals surface area contributed by atoms with E-state index in [4.69, 9.17) is 0 Å². The lowest BCUT2D eigenvalue weighted by atomic mass is 10.0. The Morgan fingerprint density at radius 1 is 1.26 bits per heavy atom. The van der Waals surface area contributed by atoms with Gasteiger partial charge in [0.05, 0.1) is 11.3 Å². The van der Waals surface area contributed by atoms with Crippen LogP contribution in [-0.2, 0) is 0 Å². The predicted molar refractivity (Wildman–Crippen MR) is 74.4 cm³/mol. The fourth-order valence-electron chi connectivity index (χ4n) is 2.15. The topological polar surface area (TPSA) is 71.3 Å². The van der Waals surface area contributed by atoms with Gasteiger partial charge < -0.3 is 10.5 Å². The number of carbonyl (C=O) groups is 1. The maximum Gasteiger partial charge on any atom is 0.338 e. The van der Waals surface area contributed by atoms with Gasteiger partial charge in [-0.25, -0.2) is 9.47 Å². The van der Waals surface area contributed by atoms with Crippen molar-refractivity contribution in [3.63, 3.8) is 0 Å². The molecule has 0 radical (unpaired) electrons. The lowest BCUT2D eigenvalue weighted by Crippen LogP contribution is -2.36. The fraction of sp³-hybridized carbons (Fsp3) is 0.286. The van der Waals surface area contributed by atoms with Crippen molar-refractivity contribution >= 4 is 16.7 Å². The van der Waals surface area contributed by atoms with Crippen molar-refractivity contribution in [3.05, 3.63) is 45.9 Å². The van der Waals surface area contributed by atoms with Crippen molar-refractivity contribution in [2.45, 2.75) is 26.8 Å². The molecule has 0 atom stereocenters. The van der Waals surface area contributed by atoms with Crippen molar-refractivity contribution in [1.82, 2.24) is 4.68 Å². The van der Waals surface area contributed by atoms with E-state index in [2.05, 4.69) is 5.43 Å². The zero-order valence-electron chi connectivity index (χ0n) is 11.1. The minimum absolute atomic E-state index is 0.0270. The summed E-state index contributed by atoms with van der Waals surface area (Å²) < 4.78 is 1.32. The van der Waals surface area contributed by atoms with E-state index in [0.717, 1.165) is 0 Å². The van der Waals surface area contributed by atoms with Crippen LogP contribution in [-0.4, -0.2) is 21.8 Å². The molecule has 1 heterocycles. The molecule has 0 aliphatic carbocycles. The SMILES string of the molecule is Cc1c(C(=O)O)c2ccccc2c(=O)n1NC(C)C. The number of aromatic carboxylic acids is 1. The van der Waals surface area contributed by atoms with Crippen LogP contribution in [0.15, 0.2) is 29.1 Å². The minimum atomic E-state index is -1.03. The van der Waals surface area contributed by atoms with E-state index in [-0.39, 0.29) is 17.2 Å². The van der Waals surface area contributed by atoms with Crippen molar-refractivity contribution < 1.29 is 9.90 Å². The van der Waals surface area contributed by atoms with Gasteiger partial charge in [-0.2, -0.15) is 0 Å². The molecule has 0 bridgehead atoms. The number of carboxylic acids is 1. The van der Waals surface area contributed by atoms with Gasteiger partial charge in [-0.15, -0.1) is 0 Å². The van der Waals surface area contributed by atoms with Crippen LogP contribution >= 0.6 is 0 Å². The molecule has 0 aliphatic heterocycles. The van der Waals surface area contributed by atoms with Gasteiger partial charge in [0, 0.05) is 16.8 Å². The van der Waals surface area contributed by atoms with E-state index in [0.29, 0.717) is 16.5 Å². The molecular weight excluding hydrogens is 244 g/mol. The molecule has 100 valence electrons. The lowest BCUT2D eigenvalue weighted by Gasteiger charge is -2.18. The number of nitrogens with zero attached hydrogens (tertiary/aromatic N) is 1. The van der Waals surface area contributed by atoms with Crippen LogP contribution in [0.5, 0.6) is 0 Å². The molecule has 0 fully saturated rings. The average molecular weight is 260 g/mol. The van der Waals surface area contributed by atoms with Gasteiger partial charge in [-0.1, -0.05) is 18.2 Å². The van der Waals surface area contributed by atoms with Gasteiger partial charge in [-0.3, -0.25) is 4.79 Å². The highest BCUT2D eigenvalue weighted by atomic mass is 16.4. The zero-order valence-corrected chi connectivity index (χ0v) is 11.1. The largest absolute Gasteiger partial charge is 0.478 e. The third-order valence-corrected chi connectivity index (χ3v) is 2.93. The lowest BCUT2D eigenvalue weighted by molar-refractivity contribution is 0.0697. The minimum Gasteiger partial charge on any atom is -0.478 e. The quantitative estimate of drug-likeness (QED) is 0.885. The van der Waals surface area contributed by atoms with Gasteiger partial charge in [0.2, 0.25) is 0 Å². The van der Waals surface area contributed by atoms with E-state index in [1.54, 1.807) is 31.2 Å². The normalized spacial score (nSPS) is 10.9. The van der Waals surface area contributed by atoms with Gasteiger partial charge in [0.1, 0.15) is 0 Å². The third-order valence-electron chi connectivity index (χ3n) is 2.93. The molecule has 5 nitrogen and oxygen atoms in total. The summed E-state index contributed by atoms with van der Waals surface area (Å²) in [7, 11) is 0. The smallest absolute Gasteiger partial charge is 0.338 e. The molecule has 1 aromatic heterocycles. The van der Waals surface area contributed by atoms with E-state index in [1.807, 2.05) is 13.8 Å². The highest BCUT2D eigenvalue weighted by molar-refractivity contribution is 6.04. The van der Waals surface area contributed by atoms with Crippen molar-refractivity contribution in [3.8, 4) is 0 Å². The summed E-state index contributed by atoms with van der Waals surface area (Å²) in [4.78, 5) is 23.8. The molecule has 2 aromatic rings. The number of rotatable bonds is 3. The molecule has 0 amide bonds. The Bertz CT molecular complexity index is 702. The van der Waals surface area contributed by atoms with Crippen LogP contribution in [0.4, 0.5) is 0 Å². The summed E-state index contributed by atoms with van der Waals surface area (Å²) in [5, 5.41) is 10.2. The molecule has 2 rings (SSSR count). The van der Waals surface area contributed by atoms with Crippen LogP contribution in [0.2, 0.25) is 0 Å². The molecule has 0 saturated carbocycles. The highest BCUT2D eigenvalue weighted by Gasteiger charge is 2.18. The molecular formula is C14H16N2O3. The maximum atomic E-state index is 12.4. The monoisotopic (exact) mass is 260 g/mol. The van der Waals surface area contributed by atoms with Crippen molar-refractivity contribution in [1.29, 1.82) is 0 Å². The molecule has 19 heavy (non-hydrogen) atoms. The molecule has 0 aliphatic rings. The first-order chi connectivity index (χ1) is 8.93.